The Morgan fingerprint density at radius 2 is 1.81 bits per heavy atom. The Bertz CT molecular complexity index is 596. The number of aryl methyl sites for hydroxylation is 1. The second kappa shape index (κ2) is 7.23. The molecular weight excluding hydrogens is 265 g/mol. The summed E-state index contributed by atoms with van der Waals surface area (Å²) in [7, 11) is 0. The summed E-state index contributed by atoms with van der Waals surface area (Å²) in [6.45, 7) is 7.17. The molecule has 0 bridgehead atoms. The normalized spacial score (nSPS) is 10.9. The monoisotopic (exact) mass is 287 g/mol. The summed E-state index contributed by atoms with van der Waals surface area (Å²) in [6, 6.07) is 13.8. The highest BCUT2D eigenvalue weighted by Gasteiger charge is 2.06. The summed E-state index contributed by atoms with van der Waals surface area (Å²) < 4.78 is 19.4. The average molecular weight is 287 g/mol. The van der Waals surface area contributed by atoms with Crippen LogP contribution < -0.4 is 10.1 Å². The van der Waals surface area contributed by atoms with Crippen molar-refractivity contribution in [3.05, 3.63) is 65.0 Å². The molecule has 1 N–H and O–H groups in total. The van der Waals surface area contributed by atoms with Crippen molar-refractivity contribution in [1.82, 2.24) is 5.32 Å². The number of ether oxygens (including phenoxy) is 1. The lowest BCUT2D eigenvalue weighted by atomic mass is 10.1. The minimum atomic E-state index is -0.282. The number of nitrogens with one attached hydrogen (secondary N) is 1. The van der Waals surface area contributed by atoms with E-state index in [0.29, 0.717) is 24.0 Å². The summed E-state index contributed by atoms with van der Waals surface area (Å²) in [5, 5.41) is 3.38. The quantitative estimate of drug-likeness (QED) is 0.859. The van der Waals surface area contributed by atoms with E-state index in [0.717, 1.165) is 12.1 Å². The highest BCUT2D eigenvalue weighted by atomic mass is 19.1. The van der Waals surface area contributed by atoms with Crippen molar-refractivity contribution in [2.75, 3.05) is 0 Å². The van der Waals surface area contributed by atoms with Crippen LogP contribution >= 0.6 is 0 Å². The molecule has 112 valence electrons. The molecule has 2 rings (SSSR count). The van der Waals surface area contributed by atoms with Crippen LogP contribution in [0.1, 0.15) is 30.5 Å². The molecule has 0 unspecified atom stereocenters. The summed E-state index contributed by atoms with van der Waals surface area (Å²) >= 11 is 0. The van der Waals surface area contributed by atoms with Gasteiger partial charge in [-0.25, -0.2) is 4.39 Å². The van der Waals surface area contributed by atoms with Crippen LogP contribution in [0.3, 0.4) is 0 Å². The van der Waals surface area contributed by atoms with Crippen molar-refractivity contribution in [3.63, 3.8) is 0 Å². The summed E-state index contributed by atoms with van der Waals surface area (Å²) in [5.41, 5.74) is 2.84. The zero-order valence-corrected chi connectivity index (χ0v) is 12.8. The van der Waals surface area contributed by atoms with Gasteiger partial charge in [0.2, 0.25) is 0 Å². The van der Waals surface area contributed by atoms with E-state index >= 15 is 0 Å². The summed E-state index contributed by atoms with van der Waals surface area (Å²) in [6.07, 6.45) is 0. The van der Waals surface area contributed by atoms with E-state index in [2.05, 4.69) is 31.3 Å². The van der Waals surface area contributed by atoms with Crippen molar-refractivity contribution < 1.29 is 9.13 Å². The zero-order valence-electron chi connectivity index (χ0n) is 12.8. The van der Waals surface area contributed by atoms with Gasteiger partial charge >= 0.3 is 0 Å². The fraction of sp³-hybridized carbons (Fsp3) is 0.333. The van der Waals surface area contributed by atoms with Gasteiger partial charge in [-0.1, -0.05) is 50.2 Å². The number of halogens is 1. The minimum absolute atomic E-state index is 0.282. The molecule has 0 radical (unpaired) electrons. The molecule has 0 spiro atoms. The molecule has 0 heterocycles. The molecule has 0 aromatic heterocycles. The Morgan fingerprint density at radius 3 is 2.57 bits per heavy atom. The second-order valence-electron chi connectivity index (χ2n) is 5.53. The van der Waals surface area contributed by atoms with Crippen LogP contribution in [0.5, 0.6) is 5.75 Å². The number of hydrogen-bond acceptors (Lipinski definition) is 2. The van der Waals surface area contributed by atoms with E-state index < -0.39 is 0 Å². The molecule has 0 fully saturated rings. The van der Waals surface area contributed by atoms with Gasteiger partial charge in [-0.3, -0.25) is 0 Å². The molecule has 0 aliphatic carbocycles. The smallest absolute Gasteiger partial charge is 0.167 e. The van der Waals surface area contributed by atoms with Gasteiger partial charge in [0.05, 0.1) is 0 Å². The molecule has 0 aliphatic heterocycles. The largest absolute Gasteiger partial charge is 0.486 e. The van der Waals surface area contributed by atoms with Gasteiger partial charge in [-0.15, -0.1) is 0 Å². The fourth-order valence-electron chi connectivity index (χ4n) is 2.04. The molecule has 0 amide bonds. The van der Waals surface area contributed by atoms with Gasteiger partial charge in [0.15, 0.2) is 11.6 Å². The lowest BCUT2D eigenvalue weighted by Gasteiger charge is -2.11. The first-order valence-electron chi connectivity index (χ1n) is 7.25. The van der Waals surface area contributed by atoms with Crippen molar-refractivity contribution in [3.8, 4) is 5.75 Å². The maximum atomic E-state index is 13.9. The Morgan fingerprint density at radius 1 is 1.10 bits per heavy atom. The highest BCUT2D eigenvalue weighted by molar-refractivity contribution is 5.31. The predicted molar refractivity (Wildman–Crippen MR) is 83.9 cm³/mol. The molecule has 2 aromatic rings. The standard InChI is InChI=1S/C18H22FNO/c1-13(2)20-11-15-7-5-8-16(10-15)12-21-17-9-4-6-14(3)18(17)19/h4-10,13,20H,11-12H2,1-3H3. The lowest BCUT2D eigenvalue weighted by Crippen LogP contribution is -2.21. The predicted octanol–water partition coefficient (Wildman–Crippen LogP) is 4.21. The first kappa shape index (κ1) is 15.5. The minimum Gasteiger partial charge on any atom is -0.486 e. The lowest BCUT2D eigenvalue weighted by molar-refractivity contribution is 0.289. The van der Waals surface area contributed by atoms with Gasteiger partial charge in [0.1, 0.15) is 6.61 Å². The van der Waals surface area contributed by atoms with E-state index in [1.54, 1.807) is 25.1 Å². The van der Waals surface area contributed by atoms with E-state index in [1.165, 1.54) is 5.56 Å². The van der Waals surface area contributed by atoms with Gasteiger partial charge in [0.25, 0.3) is 0 Å². The molecule has 3 heteroatoms. The Balaban J connectivity index is 2.00. The molecule has 0 saturated heterocycles. The van der Waals surface area contributed by atoms with Crippen LogP contribution in [-0.4, -0.2) is 6.04 Å². The molecule has 0 atom stereocenters. The van der Waals surface area contributed by atoms with Crippen LogP contribution in [0.4, 0.5) is 4.39 Å². The topological polar surface area (TPSA) is 21.3 Å². The molecule has 2 nitrogen and oxygen atoms in total. The van der Waals surface area contributed by atoms with Crippen LogP contribution in [0.25, 0.3) is 0 Å². The Hall–Kier alpha value is -1.87. The number of rotatable bonds is 6. The third-order valence-corrected chi connectivity index (χ3v) is 3.26. The van der Waals surface area contributed by atoms with Crippen LogP contribution in [0.15, 0.2) is 42.5 Å². The van der Waals surface area contributed by atoms with Gasteiger partial charge in [-0.2, -0.15) is 0 Å². The van der Waals surface area contributed by atoms with Crippen LogP contribution in [0.2, 0.25) is 0 Å². The van der Waals surface area contributed by atoms with E-state index in [1.807, 2.05) is 12.1 Å². The molecule has 2 aromatic carbocycles. The first-order chi connectivity index (χ1) is 10.1. The molecule has 21 heavy (non-hydrogen) atoms. The Kier molecular flexibility index (Phi) is 5.34. The maximum Gasteiger partial charge on any atom is 0.167 e. The van der Waals surface area contributed by atoms with Gasteiger partial charge in [0, 0.05) is 12.6 Å². The first-order valence-corrected chi connectivity index (χ1v) is 7.25. The molecular formula is C18H22FNO. The van der Waals surface area contributed by atoms with Crippen LogP contribution in [-0.2, 0) is 13.2 Å². The SMILES string of the molecule is Cc1cccc(OCc2cccc(CNC(C)C)c2)c1F. The molecule has 0 aliphatic rings. The molecule has 0 saturated carbocycles. The van der Waals surface area contributed by atoms with Gasteiger partial charge in [-0.05, 0) is 29.7 Å². The van der Waals surface area contributed by atoms with E-state index in [4.69, 9.17) is 4.74 Å². The number of hydrogen-bond donors (Lipinski definition) is 1. The third kappa shape index (κ3) is 4.57. The fourth-order valence-corrected chi connectivity index (χ4v) is 2.04. The maximum absolute atomic E-state index is 13.9. The van der Waals surface area contributed by atoms with Crippen molar-refractivity contribution in [2.24, 2.45) is 0 Å². The summed E-state index contributed by atoms with van der Waals surface area (Å²) in [5.74, 6) is 0.0239. The number of benzene rings is 2. The van der Waals surface area contributed by atoms with E-state index in [-0.39, 0.29) is 5.82 Å². The van der Waals surface area contributed by atoms with E-state index in [9.17, 15) is 4.39 Å². The summed E-state index contributed by atoms with van der Waals surface area (Å²) in [4.78, 5) is 0. The van der Waals surface area contributed by atoms with Crippen molar-refractivity contribution in [2.45, 2.75) is 40.0 Å². The zero-order chi connectivity index (χ0) is 15.2. The third-order valence-electron chi connectivity index (χ3n) is 3.26. The average Bonchev–Trinajstić information content (AvgIpc) is 2.47. The second-order valence-corrected chi connectivity index (χ2v) is 5.53. The van der Waals surface area contributed by atoms with Crippen molar-refractivity contribution in [1.29, 1.82) is 0 Å². The van der Waals surface area contributed by atoms with Crippen molar-refractivity contribution >= 4 is 0 Å². The van der Waals surface area contributed by atoms with Crippen LogP contribution in [0, 0.1) is 12.7 Å². The Labute approximate surface area is 126 Å². The highest BCUT2D eigenvalue weighted by Crippen LogP contribution is 2.21. The van der Waals surface area contributed by atoms with Gasteiger partial charge < -0.3 is 10.1 Å².